The Kier molecular flexibility index (Phi) is 5.06. The van der Waals surface area contributed by atoms with Crippen LogP contribution in [0.3, 0.4) is 0 Å². The van der Waals surface area contributed by atoms with Crippen molar-refractivity contribution < 1.29 is 0 Å². The summed E-state index contributed by atoms with van der Waals surface area (Å²) >= 11 is 0. The van der Waals surface area contributed by atoms with Crippen LogP contribution < -0.4 is 22.4 Å². The van der Waals surface area contributed by atoms with Crippen molar-refractivity contribution in [3.63, 3.8) is 0 Å². The molecule has 3 N–H and O–H groups in total. The SMILES string of the molecule is CCCCn1c(N)c(NN2CCCCC2)c(=O)n(C)c1=O. The molecule has 0 bridgehead atoms. The van der Waals surface area contributed by atoms with Crippen LogP contribution in [-0.2, 0) is 13.6 Å². The van der Waals surface area contributed by atoms with Gasteiger partial charge in [0.1, 0.15) is 5.82 Å². The third kappa shape index (κ3) is 3.29. The number of nitrogens with zero attached hydrogens (tertiary/aromatic N) is 3. The smallest absolute Gasteiger partial charge is 0.332 e. The molecule has 1 fully saturated rings. The molecule has 2 heterocycles. The van der Waals surface area contributed by atoms with Crippen molar-refractivity contribution >= 4 is 11.5 Å². The van der Waals surface area contributed by atoms with E-state index < -0.39 is 0 Å². The van der Waals surface area contributed by atoms with Crippen LogP contribution in [0.4, 0.5) is 11.5 Å². The van der Waals surface area contributed by atoms with Crippen LogP contribution in [0, 0.1) is 0 Å². The van der Waals surface area contributed by atoms with Gasteiger partial charge < -0.3 is 11.2 Å². The summed E-state index contributed by atoms with van der Waals surface area (Å²) in [6, 6.07) is 0. The molecule has 0 radical (unpaired) electrons. The topological polar surface area (TPSA) is 85.3 Å². The van der Waals surface area contributed by atoms with E-state index >= 15 is 0 Å². The van der Waals surface area contributed by atoms with Crippen LogP contribution in [0.1, 0.15) is 39.0 Å². The molecular weight excluding hydrogens is 270 g/mol. The fourth-order valence-electron chi connectivity index (χ4n) is 2.58. The van der Waals surface area contributed by atoms with Gasteiger partial charge in [-0.3, -0.25) is 13.9 Å². The van der Waals surface area contributed by atoms with Crippen molar-refractivity contribution in [2.24, 2.45) is 7.05 Å². The average molecular weight is 295 g/mol. The lowest BCUT2D eigenvalue weighted by atomic mass is 10.2. The van der Waals surface area contributed by atoms with Crippen molar-refractivity contribution in [2.75, 3.05) is 24.2 Å². The van der Waals surface area contributed by atoms with Gasteiger partial charge in [0.15, 0.2) is 5.69 Å². The summed E-state index contributed by atoms with van der Waals surface area (Å²) in [5, 5.41) is 2.01. The maximum absolute atomic E-state index is 12.3. The normalized spacial score (nSPS) is 16.1. The Bertz CT molecular complexity index is 599. The van der Waals surface area contributed by atoms with Gasteiger partial charge in [-0.25, -0.2) is 9.80 Å². The zero-order valence-corrected chi connectivity index (χ0v) is 12.9. The first-order valence-corrected chi connectivity index (χ1v) is 7.67. The van der Waals surface area contributed by atoms with Gasteiger partial charge in [0.25, 0.3) is 5.56 Å². The molecular formula is C14H25N5O2. The van der Waals surface area contributed by atoms with E-state index in [1.54, 1.807) is 0 Å². The van der Waals surface area contributed by atoms with Crippen molar-refractivity contribution in [3.8, 4) is 0 Å². The van der Waals surface area contributed by atoms with E-state index in [1.165, 1.54) is 18.0 Å². The predicted octanol–water partition coefficient (Wildman–Crippen LogP) is 0.742. The second kappa shape index (κ2) is 6.80. The molecule has 7 nitrogen and oxygen atoms in total. The number of hydrogen-bond acceptors (Lipinski definition) is 5. The summed E-state index contributed by atoms with van der Waals surface area (Å²) in [4.78, 5) is 24.5. The van der Waals surface area contributed by atoms with Crippen LogP contribution in [0.15, 0.2) is 9.59 Å². The molecule has 1 aromatic rings. The van der Waals surface area contributed by atoms with Gasteiger partial charge in [0.2, 0.25) is 0 Å². The Balaban J connectivity index is 2.37. The number of nitrogens with two attached hydrogens (primary N) is 1. The summed E-state index contributed by atoms with van der Waals surface area (Å²) < 4.78 is 2.61. The number of unbranched alkanes of at least 4 members (excludes halogenated alkanes) is 1. The number of anilines is 2. The quantitative estimate of drug-likeness (QED) is 0.837. The standard InChI is InChI=1S/C14H25N5O2/c1-3-4-10-19-12(15)11(13(20)17(2)14(19)21)16-18-8-6-5-7-9-18/h16H,3-10,15H2,1-2H3. The molecule has 0 unspecified atom stereocenters. The number of piperidine rings is 1. The van der Waals surface area contributed by atoms with Gasteiger partial charge in [-0.1, -0.05) is 19.8 Å². The van der Waals surface area contributed by atoms with Gasteiger partial charge >= 0.3 is 5.69 Å². The number of rotatable bonds is 5. The van der Waals surface area contributed by atoms with Gasteiger partial charge in [-0.05, 0) is 19.3 Å². The fourth-order valence-corrected chi connectivity index (χ4v) is 2.58. The number of nitrogen functional groups attached to an aromatic ring is 1. The zero-order valence-electron chi connectivity index (χ0n) is 12.9. The van der Waals surface area contributed by atoms with Gasteiger partial charge in [-0.2, -0.15) is 0 Å². The summed E-state index contributed by atoms with van der Waals surface area (Å²) in [6.07, 6.45) is 5.22. The van der Waals surface area contributed by atoms with Gasteiger partial charge in [0.05, 0.1) is 0 Å². The molecule has 0 saturated carbocycles. The van der Waals surface area contributed by atoms with Crippen LogP contribution in [0.2, 0.25) is 0 Å². The Morgan fingerprint density at radius 3 is 2.48 bits per heavy atom. The lowest BCUT2D eigenvalue weighted by Gasteiger charge is -2.28. The molecule has 0 aliphatic carbocycles. The lowest BCUT2D eigenvalue weighted by molar-refractivity contribution is 0.272. The van der Waals surface area contributed by atoms with Crippen LogP contribution in [0.25, 0.3) is 0 Å². The minimum Gasteiger partial charge on any atom is -0.383 e. The minimum atomic E-state index is -0.365. The molecule has 1 aromatic heterocycles. The number of nitrogens with one attached hydrogen (secondary N) is 1. The van der Waals surface area contributed by atoms with Crippen molar-refractivity contribution in [2.45, 2.75) is 45.6 Å². The molecule has 0 amide bonds. The summed E-state index contributed by atoms with van der Waals surface area (Å²) in [6.45, 7) is 4.35. The van der Waals surface area contributed by atoms with Gasteiger partial charge in [0, 0.05) is 26.7 Å². The third-order valence-corrected chi connectivity index (χ3v) is 3.94. The molecule has 0 spiro atoms. The summed E-state index contributed by atoms with van der Waals surface area (Å²) in [7, 11) is 1.49. The Morgan fingerprint density at radius 1 is 1.19 bits per heavy atom. The van der Waals surface area contributed by atoms with Crippen molar-refractivity contribution in [1.29, 1.82) is 0 Å². The Labute approximate surface area is 124 Å². The van der Waals surface area contributed by atoms with E-state index in [4.69, 9.17) is 5.73 Å². The Hall–Kier alpha value is -1.76. The molecule has 1 aliphatic heterocycles. The Morgan fingerprint density at radius 2 is 1.86 bits per heavy atom. The van der Waals surface area contributed by atoms with E-state index in [9.17, 15) is 9.59 Å². The van der Waals surface area contributed by atoms with E-state index in [0.717, 1.165) is 43.3 Å². The lowest BCUT2D eigenvalue weighted by Crippen LogP contribution is -2.44. The molecule has 118 valence electrons. The first kappa shape index (κ1) is 15.6. The highest BCUT2D eigenvalue weighted by atomic mass is 16.2. The van der Waals surface area contributed by atoms with E-state index in [1.807, 2.05) is 5.01 Å². The molecule has 21 heavy (non-hydrogen) atoms. The maximum atomic E-state index is 12.3. The second-order valence-electron chi connectivity index (χ2n) is 5.57. The van der Waals surface area contributed by atoms with E-state index in [0.29, 0.717) is 12.2 Å². The summed E-state index contributed by atoms with van der Waals surface area (Å²) in [5.41, 5.74) is 8.79. The van der Waals surface area contributed by atoms with E-state index in [2.05, 4.69) is 12.3 Å². The minimum absolute atomic E-state index is 0.238. The highest BCUT2D eigenvalue weighted by molar-refractivity contribution is 5.60. The second-order valence-corrected chi connectivity index (χ2v) is 5.57. The molecule has 0 aromatic carbocycles. The van der Waals surface area contributed by atoms with Crippen LogP contribution >= 0.6 is 0 Å². The fraction of sp³-hybridized carbons (Fsp3) is 0.714. The largest absolute Gasteiger partial charge is 0.383 e. The molecule has 1 saturated heterocycles. The molecule has 0 atom stereocenters. The monoisotopic (exact) mass is 295 g/mol. The van der Waals surface area contributed by atoms with Gasteiger partial charge in [-0.15, -0.1) is 0 Å². The highest BCUT2D eigenvalue weighted by Crippen LogP contribution is 2.15. The zero-order chi connectivity index (χ0) is 15.4. The molecule has 1 aliphatic rings. The van der Waals surface area contributed by atoms with Crippen molar-refractivity contribution in [1.82, 2.24) is 14.1 Å². The first-order valence-electron chi connectivity index (χ1n) is 7.67. The number of hydrazine groups is 1. The number of hydrogen-bond donors (Lipinski definition) is 2. The molecule has 2 rings (SSSR count). The highest BCUT2D eigenvalue weighted by Gasteiger charge is 2.18. The van der Waals surface area contributed by atoms with Crippen LogP contribution in [0.5, 0.6) is 0 Å². The third-order valence-electron chi connectivity index (χ3n) is 3.94. The summed E-state index contributed by atoms with van der Waals surface area (Å²) in [5.74, 6) is 0.238. The van der Waals surface area contributed by atoms with E-state index in [-0.39, 0.29) is 17.1 Å². The first-order chi connectivity index (χ1) is 10.1. The van der Waals surface area contributed by atoms with Crippen molar-refractivity contribution in [3.05, 3.63) is 20.8 Å². The average Bonchev–Trinajstić information content (AvgIpc) is 2.51. The molecule has 7 heteroatoms. The van der Waals surface area contributed by atoms with Crippen LogP contribution in [-0.4, -0.2) is 27.2 Å². The maximum Gasteiger partial charge on any atom is 0.332 e. The predicted molar refractivity (Wildman–Crippen MR) is 84.3 cm³/mol. The number of aromatic nitrogens is 2.